The van der Waals surface area contributed by atoms with Crippen molar-refractivity contribution in [3.63, 3.8) is 0 Å². The Balaban J connectivity index is 2.03. The van der Waals surface area contributed by atoms with Gasteiger partial charge in [-0.05, 0) is 38.5 Å². The van der Waals surface area contributed by atoms with Crippen LogP contribution in [0.5, 0.6) is 0 Å². The fourth-order valence-electron chi connectivity index (χ4n) is 2.06. The molecule has 0 saturated heterocycles. The highest BCUT2D eigenvalue weighted by Crippen LogP contribution is 2.22. The van der Waals surface area contributed by atoms with Gasteiger partial charge in [-0.25, -0.2) is 4.39 Å². The Hall–Kier alpha value is -1.19. The van der Waals surface area contributed by atoms with Gasteiger partial charge in [0.25, 0.3) is 0 Å². The van der Waals surface area contributed by atoms with Crippen LogP contribution in [0.4, 0.5) is 4.39 Å². The zero-order valence-electron chi connectivity index (χ0n) is 11.0. The first kappa shape index (κ1) is 13.2. The van der Waals surface area contributed by atoms with E-state index in [9.17, 15) is 4.39 Å². The van der Waals surface area contributed by atoms with Gasteiger partial charge in [0.15, 0.2) is 0 Å². The summed E-state index contributed by atoms with van der Waals surface area (Å²) in [4.78, 5) is 2.66. The highest BCUT2D eigenvalue weighted by molar-refractivity contribution is 7.12. The largest absolute Gasteiger partial charge is 0.306 e. The summed E-state index contributed by atoms with van der Waals surface area (Å²) in [6, 6.07) is 9.15. The van der Waals surface area contributed by atoms with E-state index >= 15 is 0 Å². The van der Waals surface area contributed by atoms with E-state index in [1.807, 2.05) is 19.1 Å². The van der Waals surface area contributed by atoms with Crippen LogP contribution in [0.15, 0.2) is 30.3 Å². The second-order valence-corrected chi connectivity index (χ2v) is 6.02. The molecule has 0 amide bonds. The van der Waals surface area contributed by atoms with Crippen molar-refractivity contribution in [1.29, 1.82) is 0 Å². The Kier molecular flexibility index (Phi) is 4.15. The molecule has 18 heavy (non-hydrogen) atoms. The molecule has 0 aliphatic rings. The topological polar surface area (TPSA) is 12.0 Å². The summed E-state index contributed by atoms with van der Waals surface area (Å²) in [6.07, 6.45) is 0. The molecule has 96 valence electrons. The summed E-state index contributed by atoms with van der Waals surface area (Å²) in [6.45, 7) is 7.02. The smallest absolute Gasteiger partial charge is 0.127 e. The van der Waals surface area contributed by atoms with Crippen LogP contribution in [-0.4, -0.2) is 0 Å². The summed E-state index contributed by atoms with van der Waals surface area (Å²) < 4.78 is 13.6. The molecule has 0 bridgehead atoms. The summed E-state index contributed by atoms with van der Waals surface area (Å²) in [5.41, 5.74) is 2.03. The summed E-state index contributed by atoms with van der Waals surface area (Å²) in [5.74, 6) is -0.143. The van der Waals surface area contributed by atoms with E-state index in [0.29, 0.717) is 0 Å². The van der Waals surface area contributed by atoms with Crippen molar-refractivity contribution in [3.05, 3.63) is 57.0 Å². The van der Waals surface area contributed by atoms with Gasteiger partial charge in [-0.1, -0.05) is 18.2 Å². The molecule has 2 rings (SSSR count). The number of benzene rings is 1. The predicted molar refractivity (Wildman–Crippen MR) is 75.4 cm³/mol. The Bertz CT molecular complexity index is 533. The molecular formula is C15H18FNS. The van der Waals surface area contributed by atoms with E-state index < -0.39 is 0 Å². The van der Waals surface area contributed by atoms with Crippen molar-refractivity contribution in [2.45, 2.75) is 33.4 Å². The monoisotopic (exact) mass is 263 g/mol. The third kappa shape index (κ3) is 2.98. The molecular weight excluding hydrogens is 245 g/mol. The lowest BCUT2D eigenvalue weighted by Crippen LogP contribution is -2.19. The maximum atomic E-state index is 13.6. The van der Waals surface area contributed by atoms with Crippen LogP contribution < -0.4 is 5.32 Å². The summed E-state index contributed by atoms with van der Waals surface area (Å²) >= 11 is 1.81. The zero-order valence-corrected chi connectivity index (χ0v) is 11.8. The third-order valence-corrected chi connectivity index (χ3v) is 4.12. The number of hydrogen-bond acceptors (Lipinski definition) is 2. The lowest BCUT2D eigenvalue weighted by atomic mass is 10.1. The maximum Gasteiger partial charge on any atom is 0.127 e. The Morgan fingerprint density at radius 2 is 2.00 bits per heavy atom. The Labute approximate surface area is 112 Å². The van der Waals surface area contributed by atoms with Gasteiger partial charge < -0.3 is 5.32 Å². The van der Waals surface area contributed by atoms with Gasteiger partial charge in [0.1, 0.15) is 5.82 Å². The molecule has 1 N–H and O–H groups in total. The van der Waals surface area contributed by atoms with Crippen LogP contribution in [0.1, 0.15) is 33.8 Å². The zero-order chi connectivity index (χ0) is 13.1. The molecule has 0 unspecified atom stereocenters. The van der Waals surface area contributed by atoms with E-state index in [0.717, 1.165) is 12.1 Å². The van der Waals surface area contributed by atoms with Crippen LogP contribution in [0.25, 0.3) is 0 Å². The average molecular weight is 263 g/mol. The van der Waals surface area contributed by atoms with Gasteiger partial charge in [0, 0.05) is 27.9 Å². The van der Waals surface area contributed by atoms with Crippen LogP contribution >= 0.6 is 11.3 Å². The second kappa shape index (κ2) is 5.63. The van der Waals surface area contributed by atoms with Gasteiger partial charge in [-0.3, -0.25) is 0 Å². The van der Waals surface area contributed by atoms with Gasteiger partial charge in [-0.15, -0.1) is 11.3 Å². The van der Waals surface area contributed by atoms with Crippen LogP contribution in [0.2, 0.25) is 0 Å². The Morgan fingerprint density at radius 1 is 1.28 bits per heavy atom. The third-order valence-electron chi connectivity index (χ3n) is 3.11. The number of hydrogen-bond donors (Lipinski definition) is 1. The SMILES string of the molecule is Cc1cc(CN[C@H](C)c2ccccc2F)c(C)s1. The molecule has 1 heterocycles. The van der Waals surface area contributed by atoms with Crippen molar-refractivity contribution >= 4 is 11.3 Å². The summed E-state index contributed by atoms with van der Waals surface area (Å²) in [5, 5.41) is 3.38. The number of thiophene rings is 1. The first-order valence-electron chi connectivity index (χ1n) is 6.11. The minimum atomic E-state index is -0.143. The molecule has 0 radical (unpaired) electrons. The molecule has 0 spiro atoms. The van der Waals surface area contributed by atoms with Gasteiger partial charge in [0.2, 0.25) is 0 Å². The normalized spacial score (nSPS) is 12.7. The fourth-order valence-corrected chi connectivity index (χ4v) is 3.00. The van der Waals surface area contributed by atoms with Crippen molar-refractivity contribution in [2.75, 3.05) is 0 Å². The quantitative estimate of drug-likeness (QED) is 0.864. The fraction of sp³-hybridized carbons (Fsp3) is 0.333. The molecule has 1 atom stereocenters. The molecule has 3 heteroatoms. The molecule has 2 aromatic rings. The van der Waals surface area contributed by atoms with E-state index in [1.54, 1.807) is 17.4 Å². The van der Waals surface area contributed by atoms with Crippen LogP contribution in [0.3, 0.4) is 0 Å². The van der Waals surface area contributed by atoms with Gasteiger partial charge in [-0.2, -0.15) is 0 Å². The molecule has 1 aromatic carbocycles. The van der Waals surface area contributed by atoms with Crippen molar-refractivity contribution in [3.8, 4) is 0 Å². The standard InChI is InChI=1S/C15H18FNS/c1-10-8-13(12(3)18-10)9-17-11(2)14-6-4-5-7-15(14)16/h4-8,11,17H,9H2,1-3H3/t11-/m1/s1. The number of nitrogens with one attached hydrogen (secondary N) is 1. The van der Waals surface area contributed by atoms with E-state index in [4.69, 9.17) is 0 Å². The Morgan fingerprint density at radius 3 is 2.61 bits per heavy atom. The maximum absolute atomic E-state index is 13.6. The first-order chi connectivity index (χ1) is 8.58. The number of halogens is 1. The average Bonchev–Trinajstić information content (AvgIpc) is 2.65. The van der Waals surface area contributed by atoms with Gasteiger partial charge in [0.05, 0.1) is 0 Å². The lowest BCUT2D eigenvalue weighted by Gasteiger charge is -2.14. The predicted octanol–water partition coefficient (Wildman–Crippen LogP) is 4.35. The minimum Gasteiger partial charge on any atom is -0.306 e. The van der Waals surface area contributed by atoms with Crippen molar-refractivity contribution in [1.82, 2.24) is 5.32 Å². The molecule has 0 saturated carbocycles. The van der Waals surface area contributed by atoms with E-state index in [-0.39, 0.29) is 11.9 Å². The van der Waals surface area contributed by atoms with Crippen molar-refractivity contribution in [2.24, 2.45) is 0 Å². The van der Waals surface area contributed by atoms with Gasteiger partial charge >= 0.3 is 0 Å². The molecule has 0 aliphatic carbocycles. The highest BCUT2D eigenvalue weighted by Gasteiger charge is 2.10. The van der Waals surface area contributed by atoms with Crippen LogP contribution in [0, 0.1) is 19.7 Å². The van der Waals surface area contributed by atoms with Crippen LogP contribution in [-0.2, 0) is 6.54 Å². The second-order valence-electron chi connectivity index (χ2n) is 4.56. The molecule has 1 nitrogen and oxygen atoms in total. The number of rotatable bonds is 4. The molecule has 0 fully saturated rings. The minimum absolute atomic E-state index is 0.0193. The molecule has 0 aliphatic heterocycles. The molecule has 1 aromatic heterocycles. The number of aryl methyl sites for hydroxylation is 2. The first-order valence-corrected chi connectivity index (χ1v) is 6.93. The van der Waals surface area contributed by atoms with Crippen molar-refractivity contribution < 1.29 is 4.39 Å². The van der Waals surface area contributed by atoms with E-state index in [1.165, 1.54) is 21.4 Å². The summed E-state index contributed by atoms with van der Waals surface area (Å²) in [7, 11) is 0. The highest BCUT2D eigenvalue weighted by atomic mass is 32.1. The lowest BCUT2D eigenvalue weighted by molar-refractivity contribution is 0.528. The van der Waals surface area contributed by atoms with E-state index in [2.05, 4.69) is 25.2 Å².